The average molecular weight is 235 g/mol. The fourth-order valence-corrected chi connectivity index (χ4v) is 0. The number of nitrogens with two attached hydrogens (primary N) is 2. The van der Waals surface area contributed by atoms with Crippen LogP contribution in [0.15, 0.2) is 0 Å². The third-order valence-electron chi connectivity index (χ3n) is 0.220. The Morgan fingerprint density at radius 3 is 1.57 bits per heavy atom. The van der Waals surface area contributed by atoms with Gasteiger partial charge in [-0.1, -0.05) is 0 Å². The van der Waals surface area contributed by atoms with Gasteiger partial charge in [-0.05, 0) is 0 Å². The summed E-state index contributed by atoms with van der Waals surface area (Å²) in [5, 5.41) is 6.40. The van der Waals surface area contributed by atoms with Crippen molar-refractivity contribution in [3.63, 3.8) is 0 Å². The molecule has 5 heteroatoms. The Labute approximate surface area is 63.5 Å². The van der Waals surface area contributed by atoms with Crippen LogP contribution in [-0.4, -0.2) is 12.4 Å². The molecular formula is C2H9Br2N3. The van der Waals surface area contributed by atoms with Crippen molar-refractivity contribution in [2.24, 2.45) is 11.5 Å². The van der Waals surface area contributed by atoms with E-state index in [-0.39, 0.29) is 46.3 Å². The number of hydrogen-bond donors (Lipinski definition) is 3. The van der Waals surface area contributed by atoms with Gasteiger partial charge in [-0.25, -0.2) is 0 Å². The Morgan fingerprint density at radius 1 is 1.43 bits per heavy atom. The van der Waals surface area contributed by atoms with Crippen LogP contribution >= 0.6 is 34.0 Å². The van der Waals surface area contributed by atoms with E-state index in [9.17, 15) is 0 Å². The summed E-state index contributed by atoms with van der Waals surface area (Å²) in [6.07, 6.45) is 0. The predicted octanol–water partition coefficient (Wildman–Crippen LogP) is 0.0369. The molecule has 0 aliphatic rings. The third kappa shape index (κ3) is 21.6. The quantitative estimate of drug-likeness (QED) is 0.443. The van der Waals surface area contributed by atoms with E-state index in [1.165, 1.54) is 0 Å². The number of amidine groups is 1. The van der Waals surface area contributed by atoms with Crippen LogP contribution in [0.5, 0.6) is 0 Å². The molecule has 0 bridgehead atoms. The molecule has 3 nitrogen and oxygen atoms in total. The fraction of sp³-hybridized carbons (Fsp3) is 0.500. The normalized spacial score (nSPS) is 5.29. The summed E-state index contributed by atoms with van der Waals surface area (Å²) in [6, 6.07) is 0. The van der Waals surface area contributed by atoms with Crippen molar-refractivity contribution in [3.8, 4) is 0 Å². The summed E-state index contributed by atoms with van der Waals surface area (Å²) < 4.78 is 0. The minimum Gasteiger partial charge on any atom is -0.387 e. The smallest absolute Gasteiger partial charge is 0.105 e. The third-order valence-corrected chi connectivity index (χ3v) is 0.220. The van der Waals surface area contributed by atoms with Gasteiger partial charge in [-0.3, -0.25) is 5.41 Å². The SMILES string of the molecule is Br.Br.N=C(N)CN. The summed E-state index contributed by atoms with van der Waals surface area (Å²) in [5.74, 6) is 0.0324. The van der Waals surface area contributed by atoms with Gasteiger partial charge in [0.2, 0.25) is 0 Å². The Hall–Kier alpha value is 0.390. The second kappa shape index (κ2) is 9.63. The molecule has 0 aromatic carbocycles. The highest BCUT2D eigenvalue weighted by Gasteiger charge is 1.70. The summed E-state index contributed by atoms with van der Waals surface area (Å²) in [4.78, 5) is 0. The second-order valence-electron chi connectivity index (χ2n) is 0.729. The minimum absolute atomic E-state index is 0. The van der Waals surface area contributed by atoms with Crippen molar-refractivity contribution in [2.45, 2.75) is 0 Å². The predicted molar refractivity (Wildman–Crippen MR) is 41.6 cm³/mol. The van der Waals surface area contributed by atoms with Gasteiger partial charge in [0.15, 0.2) is 0 Å². The Morgan fingerprint density at radius 2 is 1.57 bits per heavy atom. The molecule has 46 valence electrons. The first-order valence-corrected chi connectivity index (χ1v) is 1.30. The van der Waals surface area contributed by atoms with Gasteiger partial charge in [-0.15, -0.1) is 34.0 Å². The highest BCUT2D eigenvalue weighted by Crippen LogP contribution is 1.38. The number of hydrogen-bond acceptors (Lipinski definition) is 2. The molecule has 0 spiro atoms. The van der Waals surface area contributed by atoms with Crippen LogP contribution in [0.3, 0.4) is 0 Å². The first kappa shape index (κ1) is 15.7. The van der Waals surface area contributed by atoms with Gasteiger partial charge in [-0.2, -0.15) is 0 Å². The lowest BCUT2D eigenvalue weighted by Gasteiger charge is -1.79. The zero-order chi connectivity index (χ0) is 4.28. The highest BCUT2D eigenvalue weighted by atomic mass is 79.9. The van der Waals surface area contributed by atoms with Gasteiger partial charge in [0.25, 0.3) is 0 Å². The molecule has 0 saturated carbocycles. The van der Waals surface area contributed by atoms with Gasteiger partial charge in [0, 0.05) is 0 Å². The van der Waals surface area contributed by atoms with Crippen LogP contribution in [0, 0.1) is 5.41 Å². The lowest BCUT2D eigenvalue weighted by molar-refractivity contribution is 1.24. The molecular weight excluding hydrogens is 226 g/mol. The van der Waals surface area contributed by atoms with E-state index in [1.54, 1.807) is 0 Å². The first-order chi connectivity index (χ1) is 2.27. The van der Waals surface area contributed by atoms with Gasteiger partial charge in [0.1, 0.15) is 5.84 Å². The molecule has 5 N–H and O–H groups in total. The largest absolute Gasteiger partial charge is 0.387 e. The highest BCUT2D eigenvalue weighted by molar-refractivity contribution is 8.93. The van der Waals surface area contributed by atoms with Crippen LogP contribution in [0.4, 0.5) is 0 Å². The molecule has 0 aliphatic carbocycles. The van der Waals surface area contributed by atoms with Crippen molar-refractivity contribution in [1.82, 2.24) is 0 Å². The summed E-state index contributed by atoms with van der Waals surface area (Å²) >= 11 is 0. The molecule has 0 atom stereocenters. The zero-order valence-electron chi connectivity index (χ0n) is 3.68. The van der Waals surface area contributed by atoms with Crippen LogP contribution in [-0.2, 0) is 0 Å². The molecule has 7 heavy (non-hydrogen) atoms. The lowest BCUT2D eigenvalue weighted by atomic mass is 10.6. The number of rotatable bonds is 1. The van der Waals surface area contributed by atoms with Crippen molar-refractivity contribution < 1.29 is 0 Å². The van der Waals surface area contributed by atoms with E-state index in [0.717, 1.165) is 0 Å². The molecule has 0 radical (unpaired) electrons. The molecule has 0 rings (SSSR count). The van der Waals surface area contributed by atoms with E-state index < -0.39 is 0 Å². The molecule has 0 aromatic heterocycles. The lowest BCUT2D eigenvalue weighted by Crippen LogP contribution is -2.20. The second-order valence-corrected chi connectivity index (χ2v) is 0.729. The van der Waals surface area contributed by atoms with Crippen molar-refractivity contribution in [3.05, 3.63) is 0 Å². The molecule has 0 amide bonds. The van der Waals surface area contributed by atoms with E-state index >= 15 is 0 Å². The molecule has 0 unspecified atom stereocenters. The number of halogens is 2. The van der Waals surface area contributed by atoms with Crippen LogP contribution < -0.4 is 11.5 Å². The van der Waals surface area contributed by atoms with Gasteiger partial charge in [0.05, 0.1) is 6.54 Å². The topological polar surface area (TPSA) is 75.9 Å². The molecule has 0 heterocycles. The maximum atomic E-state index is 6.40. The zero-order valence-corrected chi connectivity index (χ0v) is 7.10. The molecule has 0 aromatic rings. The maximum Gasteiger partial charge on any atom is 0.105 e. The van der Waals surface area contributed by atoms with Crippen LogP contribution in [0.1, 0.15) is 0 Å². The summed E-state index contributed by atoms with van der Waals surface area (Å²) in [5.41, 5.74) is 9.57. The van der Waals surface area contributed by atoms with E-state index in [4.69, 9.17) is 16.9 Å². The van der Waals surface area contributed by atoms with Gasteiger partial charge >= 0.3 is 0 Å². The van der Waals surface area contributed by atoms with Crippen molar-refractivity contribution in [1.29, 1.82) is 5.41 Å². The first-order valence-electron chi connectivity index (χ1n) is 1.30. The number of nitrogens with one attached hydrogen (secondary N) is 1. The van der Waals surface area contributed by atoms with E-state index in [2.05, 4.69) is 0 Å². The maximum absolute atomic E-state index is 6.40. The minimum atomic E-state index is 0. The molecule has 0 fully saturated rings. The molecule has 0 aliphatic heterocycles. The van der Waals surface area contributed by atoms with E-state index in [1.807, 2.05) is 0 Å². The molecule has 0 saturated heterocycles. The fourth-order valence-electron chi connectivity index (χ4n) is 0. The Balaban J connectivity index is -0.0000000800. The summed E-state index contributed by atoms with van der Waals surface area (Å²) in [6.45, 7) is 0.167. The average Bonchev–Trinajstić information content (AvgIpc) is 1.38. The van der Waals surface area contributed by atoms with Gasteiger partial charge < -0.3 is 11.5 Å². The van der Waals surface area contributed by atoms with Crippen molar-refractivity contribution >= 4 is 39.8 Å². The summed E-state index contributed by atoms with van der Waals surface area (Å²) in [7, 11) is 0. The van der Waals surface area contributed by atoms with Crippen LogP contribution in [0.2, 0.25) is 0 Å². The van der Waals surface area contributed by atoms with Crippen LogP contribution in [0.25, 0.3) is 0 Å². The van der Waals surface area contributed by atoms with E-state index in [0.29, 0.717) is 0 Å². The monoisotopic (exact) mass is 233 g/mol. The Kier molecular flexibility index (Phi) is 21.5. The van der Waals surface area contributed by atoms with Crippen molar-refractivity contribution in [2.75, 3.05) is 6.54 Å². The standard InChI is InChI=1S/C2H7N3.2BrH/c3-1-2(4)5;;/h1,3H2,(H3,4,5);2*1H. The Bertz CT molecular complexity index is 46.2.